The molecule has 3 rings (SSSR count). The Kier molecular flexibility index (Phi) is 5.17. The third-order valence-corrected chi connectivity index (χ3v) is 3.94. The molecule has 26 heavy (non-hydrogen) atoms. The van der Waals surface area contributed by atoms with Crippen molar-refractivity contribution in [1.29, 1.82) is 0 Å². The Morgan fingerprint density at radius 3 is 2.62 bits per heavy atom. The number of carbonyl (C=O) groups is 2. The van der Waals surface area contributed by atoms with E-state index in [1.54, 1.807) is 19.2 Å². The minimum absolute atomic E-state index is 0.162. The van der Waals surface area contributed by atoms with Crippen molar-refractivity contribution >= 4 is 22.8 Å². The SMILES string of the molecule is COc1ccc(CNC(=O)[C@@H](C)OC(=O)c2n[nH]c3ccccc23)cc1. The predicted octanol–water partition coefficient (Wildman–Crippen LogP) is 2.43. The largest absolute Gasteiger partial charge is 0.497 e. The van der Waals surface area contributed by atoms with Crippen LogP contribution in [-0.2, 0) is 16.1 Å². The summed E-state index contributed by atoms with van der Waals surface area (Å²) in [5.41, 5.74) is 1.81. The van der Waals surface area contributed by atoms with Crippen molar-refractivity contribution in [1.82, 2.24) is 15.5 Å². The summed E-state index contributed by atoms with van der Waals surface area (Å²) < 4.78 is 10.3. The first-order valence-corrected chi connectivity index (χ1v) is 8.13. The van der Waals surface area contributed by atoms with E-state index in [0.717, 1.165) is 16.8 Å². The van der Waals surface area contributed by atoms with Crippen LogP contribution in [0.25, 0.3) is 10.9 Å². The third-order valence-electron chi connectivity index (χ3n) is 3.94. The lowest BCUT2D eigenvalue weighted by Crippen LogP contribution is -2.35. The van der Waals surface area contributed by atoms with Crippen molar-refractivity contribution in [2.24, 2.45) is 0 Å². The molecule has 2 aromatic carbocycles. The van der Waals surface area contributed by atoms with Crippen molar-refractivity contribution in [3.8, 4) is 5.75 Å². The van der Waals surface area contributed by atoms with Gasteiger partial charge in [0.2, 0.25) is 0 Å². The van der Waals surface area contributed by atoms with E-state index in [1.165, 1.54) is 6.92 Å². The van der Waals surface area contributed by atoms with Crippen LogP contribution in [0.4, 0.5) is 0 Å². The number of nitrogens with one attached hydrogen (secondary N) is 2. The number of hydrogen-bond acceptors (Lipinski definition) is 5. The van der Waals surface area contributed by atoms with Crippen LogP contribution in [0.2, 0.25) is 0 Å². The summed E-state index contributed by atoms with van der Waals surface area (Å²) in [6.07, 6.45) is -0.934. The number of methoxy groups -OCH3 is 1. The fraction of sp³-hybridized carbons (Fsp3) is 0.211. The Balaban J connectivity index is 1.57. The Hall–Kier alpha value is -3.35. The lowest BCUT2D eigenvalue weighted by Gasteiger charge is -2.13. The van der Waals surface area contributed by atoms with Crippen molar-refractivity contribution in [2.75, 3.05) is 7.11 Å². The maximum Gasteiger partial charge on any atom is 0.360 e. The topological polar surface area (TPSA) is 93.3 Å². The molecular formula is C19H19N3O4. The molecule has 7 nitrogen and oxygen atoms in total. The van der Waals surface area contributed by atoms with Gasteiger partial charge in [0.15, 0.2) is 11.8 Å². The molecule has 2 N–H and O–H groups in total. The second-order valence-electron chi connectivity index (χ2n) is 5.73. The average Bonchev–Trinajstić information content (AvgIpc) is 3.10. The summed E-state index contributed by atoms with van der Waals surface area (Å²) in [5, 5.41) is 10.1. The monoisotopic (exact) mass is 353 g/mol. The lowest BCUT2D eigenvalue weighted by molar-refractivity contribution is -0.129. The van der Waals surface area contributed by atoms with E-state index < -0.39 is 12.1 Å². The standard InChI is InChI=1S/C19H19N3O4/c1-12(18(23)20-11-13-7-9-14(25-2)10-8-13)26-19(24)17-15-5-3-4-6-16(15)21-22-17/h3-10,12H,11H2,1-2H3,(H,20,23)(H,21,22)/t12-/m1/s1. The van der Waals surface area contributed by atoms with Gasteiger partial charge in [-0.1, -0.05) is 30.3 Å². The molecule has 0 aliphatic heterocycles. The van der Waals surface area contributed by atoms with Gasteiger partial charge in [-0.25, -0.2) is 4.79 Å². The number of aromatic amines is 1. The lowest BCUT2D eigenvalue weighted by atomic mass is 10.2. The van der Waals surface area contributed by atoms with Crippen molar-refractivity contribution < 1.29 is 19.1 Å². The summed E-state index contributed by atoms with van der Waals surface area (Å²) in [6.45, 7) is 1.85. The molecule has 1 heterocycles. The first-order chi connectivity index (χ1) is 12.6. The molecule has 7 heteroatoms. The molecule has 0 bridgehead atoms. The van der Waals surface area contributed by atoms with E-state index in [1.807, 2.05) is 36.4 Å². The molecule has 0 saturated carbocycles. The third kappa shape index (κ3) is 3.83. The quantitative estimate of drug-likeness (QED) is 0.664. The molecule has 3 aromatic rings. The van der Waals surface area contributed by atoms with Gasteiger partial charge >= 0.3 is 5.97 Å². The second-order valence-corrected chi connectivity index (χ2v) is 5.73. The number of esters is 1. The van der Waals surface area contributed by atoms with Gasteiger partial charge < -0.3 is 14.8 Å². The molecule has 1 amide bonds. The molecule has 0 fully saturated rings. The van der Waals surface area contributed by atoms with Gasteiger partial charge in [-0.15, -0.1) is 0 Å². The number of carbonyl (C=O) groups excluding carboxylic acids is 2. The van der Waals surface area contributed by atoms with Gasteiger partial charge in [-0.3, -0.25) is 9.89 Å². The first kappa shape index (κ1) is 17.5. The molecule has 134 valence electrons. The number of aromatic nitrogens is 2. The fourth-order valence-electron chi connectivity index (χ4n) is 2.47. The highest BCUT2D eigenvalue weighted by molar-refractivity contribution is 6.02. The van der Waals surface area contributed by atoms with Gasteiger partial charge in [0, 0.05) is 11.9 Å². The highest BCUT2D eigenvalue weighted by atomic mass is 16.5. The summed E-state index contributed by atoms with van der Waals surface area (Å²) >= 11 is 0. The number of amides is 1. The average molecular weight is 353 g/mol. The predicted molar refractivity (Wildman–Crippen MR) is 95.8 cm³/mol. The van der Waals surface area contributed by atoms with Crippen molar-refractivity contribution in [2.45, 2.75) is 19.6 Å². The van der Waals surface area contributed by atoms with Crippen molar-refractivity contribution in [3.63, 3.8) is 0 Å². The molecule has 0 aliphatic carbocycles. The first-order valence-electron chi connectivity index (χ1n) is 8.13. The van der Waals surface area contributed by atoms with E-state index in [9.17, 15) is 9.59 Å². The smallest absolute Gasteiger partial charge is 0.360 e. The summed E-state index contributed by atoms with van der Waals surface area (Å²) in [4.78, 5) is 24.4. The van der Waals surface area contributed by atoms with E-state index >= 15 is 0 Å². The van der Waals surface area contributed by atoms with Gasteiger partial charge in [0.1, 0.15) is 5.75 Å². The zero-order chi connectivity index (χ0) is 18.5. The number of rotatable bonds is 6. The second kappa shape index (κ2) is 7.69. The number of benzene rings is 2. The maximum atomic E-state index is 12.3. The molecule has 0 spiro atoms. The molecule has 1 atom stereocenters. The van der Waals surface area contributed by atoms with Crippen LogP contribution in [0.1, 0.15) is 23.0 Å². The summed E-state index contributed by atoms with van der Waals surface area (Å²) in [6, 6.07) is 14.6. The number of hydrogen-bond donors (Lipinski definition) is 2. The van der Waals surface area contributed by atoms with Crippen LogP contribution in [0.3, 0.4) is 0 Å². The molecular weight excluding hydrogens is 334 g/mol. The number of fused-ring (bicyclic) bond motifs is 1. The summed E-state index contributed by atoms with van der Waals surface area (Å²) in [5.74, 6) is -0.280. The van der Waals surface area contributed by atoms with Gasteiger partial charge in [0.25, 0.3) is 5.91 Å². The number of para-hydroxylation sites is 1. The summed E-state index contributed by atoms with van der Waals surface area (Å²) in [7, 11) is 1.59. The fourth-order valence-corrected chi connectivity index (χ4v) is 2.47. The number of nitrogens with zero attached hydrogens (tertiary/aromatic N) is 1. The van der Waals surface area contributed by atoms with Crippen molar-refractivity contribution in [3.05, 3.63) is 59.8 Å². The number of H-pyrrole nitrogens is 1. The minimum Gasteiger partial charge on any atom is -0.497 e. The normalized spacial score (nSPS) is 11.8. The van der Waals surface area contributed by atoms with E-state index in [0.29, 0.717) is 11.9 Å². The Morgan fingerprint density at radius 2 is 1.88 bits per heavy atom. The van der Waals surface area contributed by atoms with E-state index in [4.69, 9.17) is 9.47 Å². The Morgan fingerprint density at radius 1 is 1.15 bits per heavy atom. The molecule has 1 aromatic heterocycles. The van der Waals surface area contributed by atoms with Crippen LogP contribution in [0.5, 0.6) is 5.75 Å². The van der Waals surface area contributed by atoms with Crippen LogP contribution in [0, 0.1) is 0 Å². The minimum atomic E-state index is -0.934. The highest BCUT2D eigenvalue weighted by Crippen LogP contribution is 2.16. The Bertz CT molecular complexity index is 918. The highest BCUT2D eigenvalue weighted by Gasteiger charge is 2.22. The maximum absolute atomic E-state index is 12.3. The van der Waals surface area contributed by atoms with Crippen LogP contribution < -0.4 is 10.1 Å². The van der Waals surface area contributed by atoms with Crippen LogP contribution in [0.15, 0.2) is 48.5 Å². The van der Waals surface area contributed by atoms with Gasteiger partial charge in [-0.05, 0) is 30.7 Å². The molecule has 0 aliphatic rings. The molecule has 0 unspecified atom stereocenters. The zero-order valence-corrected chi connectivity index (χ0v) is 14.5. The van der Waals surface area contributed by atoms with E-state index in [-0.39, 0.29) is 11.6 Å². The molecule has 0 radical (unpaired) electrons. The van der Waals surface area contributed by atoms with E-state index in [2.05, 4.69) is 15.5 Å². The van der Waals surface area contributed by atoms with Gasteiger partial charge in [0.05, 0.1) is 12.6 Å². The van der Waals surface area contributed by atoms with Crippen LogP contribution >= 0.6 is 0 Å². The number of ether oxygens (including phenoxy) is 2. The Labute approximate surface area is 150 Å². The zero-order valence-electron chi connectivity index (χ0n) is 14.5. The van der Waals surface area contributed by atoms with Gasteiger partial charge in [-0.2, -0.15) is 5.10 Å². The van der Waals surface area contributed by atoms with Crippen LogP contribution in [-0.4, -0.2) is 35.3 Å². The molecule has 0 saturated heterocycles.